The molecule has 78 valence electrons. The van der Waals surface area contributed by atoms with Crippen molar-refractivity contribution in [3.8, 4) is 5.75 Å². The van der Waals surface area contributed by atoms with E-state index in [-0.39, 0.29) is 0 Å². The normalized spacial score (nSPS) is 9.86. The summed E-state index contributed by atoms with van der Waals surface area (Å²) in [7, 11) is 0. The lowest BCUT2D eigenvalue weighted by Crippen LogP contribution is -2.06. The molecule has 4 heteroatoms. The molecule has 3 nitrogen and oxygen atoms in total. The number of aromatic nitrogens is 1. The van der Waals surface area contributed by atoms with Crippen molar-refractivity contribution in [1.29, 1.82) is 0 Å². The highest BCUT2D eigenvalue weighted by Gasteiger charge is 2.01. The average molecular weight is 215 g/mol. The van der Waals surface area contributed by atoms with Crippen LogP contribution in [0, 0.1) is 0 Å². The van der Waals surface area contributed by atoms with Crippen LogP contribution in [-0.4, -0.2) is 24.0 Å². The number of ether oxygens (including phenoxy) is 1. The lowest BCUT2D eigenvalue weighted by atomic mass is 10.4. The van der Waals surface area contributed by atoms with E-state index in [1.165, 1.54) is 0 Å². The van der Waals surface area contributed by atoms with Gasteiger partial charge in [-0.15, -0.1) is 11.6 Å². The molecular weight excluding hydrogens is 200 g/mol. The van der Waals surface area contributed by atoms with Gasteiger partial charge in [0.15, 0.2) is 11.6 Å². The van der Waals surface area contributed by atoms with E-state index < -0.39 is 0 Å². The summed E-state index contributed by atoms with van der Waals surface area (Å²) >= 11 is 5.58. The molecule has 0 unspecified atom stereocenters. The van der Waals surface area contributed by atoms with E-state index in [1.807, 2.05) is 19.1 Å². The Morgan fingerprint density at radius 2 is 2.43 bits per heavy atom. The molecule has 1 rings (SSSR count). The number of alkyl halides is 1. The molecule has 0 aliphatic carbocycles. The second-order valence-electron chi connectivity index (χ2n) is 2.75. The highest BCUT2D eigenvalue weighted by Crippen LogP contribution is 2.20. The molecule has 0 bridgehead atoms. The van der Waals surface area contributed by atoms with Gasteiger partial charge in [0, 0.05) is 18.6 Å². The fourth-order valence-electron chi connectivity index (χ4n) is 1.07. The van der Waals surface area contributed by atoms with E-state index in [9.17, 15) is 0 Å². The molecule has 1 aromatic heterocycles. The summed E-state index contributed by atoms with van der Waals surface area (Å²) in [5.41, 5.74) is 0. The summed E-state index contributed by atoms with van der Waals surface area (Å²) in [5, 5.41) is 3.18. The Hall–Kier alpha value is -0.960. The van der Waals surface area contributed by atoms with Gasteiger partial charge in [0.05, 0.1) is 6.61 Å². The van der Waals surface area contributed by atoms with Crippen LogP contribution in [0.3, 0.4) is 0 Å². The van der Waals surface area contributed by atoms with Crippen LogP contribution < -0.4 is 10.1 Å². The predicted octanol–water partition coefficient (Wildman–Crippen LogP) is 2.52. The van der Waals surface area contributed by atoms with Gasteiger partial charge >= 0.3 is 0 Å². The summed E-state index contributed by atoms with van der Waals surface area (Å²) in [4.78, 5) is 4.19. The van der Waals surface area contributed by atoms with Crippen molar-refractivity contribution >= 4 is 17.4 Å². The molecule has 0 spiro atoms. The first kappa shape index (κ1) is 11.1. The van der Waals surface area contributed by atoms with Crippen molar-refractivity contribution in [3.05, 3.63) is 18.3 Å². The molecule has 0 aromatic carbocycles. The zero-order valence-corrected chi connectivity index (χ0v) is 9.05. The third-order valence-electron chi connectivity index (χ3n) is 1.67. The topological polar surface area (TPSA) is 34.1 Å². The molecular formula is C10H15ClN2O. The zero-order chi connectivity index (χ0) is 10.2. The number of hydrogen-bond donors (Lipinski definition) is 1. The van der Waals surface area contributed by atoms with Gasteiger partial charge in [0.25, 0.3) is 0 Å². The highest BCUT2D eigenvalue weighted by atomic mass is 35.5. The monoisotopic (exact) mass is 214 g/mol. The fraction of sp³-hybridized carbons (Fsp3) is 0.500. The molecule has 1 aromatic rings. The molecule has 0 radical (unpaired) electrons. The van der Waals surface area contributed by atoms with Gasteiger partial charge in [-0.25, -0.2) is 4.98 Å². The number of nitrogens with one attached hydrogen (secondary N) is 1. The lowest BCUT2D eigenvalue weighted by molar-refractivity contribution is 0.340. The first-order valence-electron chi connectivity index (χ1n) is 4.76. The first-order chi connectivity index (χ1) is 6.88. The van der Waals surface area contributed by atoms with Crippen molar-refractivity contribution < 1.29 is 4.74 Å². The minimum atomic E-state index is 0.649. The molecule has 14 heavy (non-hydrogen) atoms. The summed E-state index contributed by atoms with van der Waals surface area (Å²) in [5.74, 6) is 2.24. The van der Waals surface area contributed by atoms with Gasteiger partial charge in [0.1, 0.15) is 0 Å². The predicted molar refractivity (Wildman–Crippen MR) is 59.2 cm³/mol. The van der Waals surface area contributed by atoms with Gasteiger partial charge in [-0.3, -0.25) is 0 Å². The maximum atomic E-state index is 5.58. The third kappa shape index (κ3) is 3.42. The van der Waals surface area contributed by atoms with Crippen LogP contribution in [0.5, 0.6) is 5.75 Å². The molecule has 0 fully saturated rings. The molecule has 1 heterocycles. The SMILES string of the molecule is CCOc1cccnc1NCCCCl. The van der Waals surface area contributed by atoms with Crippen LogP contribution >= 0.6 is 11.6 Å². The Kier molecular flexibility index (Phi) is 5.15. The van der Waals surface area contributed by atoms with Crippen molar-refractivity contribution in [2.24, 2.45) is 0 Å². The van der Waals surface area contributed by atoms with E-state index in [4.69, 9.17) is 16.3 Å². The highest BCUT2D eigenvalue weighted by molar-refractivity contribution is 6.17. The van der Waals surface area contributed by atoms with Crippen LogP contribution in [0.1, 0.15) is 13.3 Å². The van der Waals surface area contributed by atoms with Gasteiger partial charge in [-0.05, 0) is 25.5 Å². The number of anilines is 1. The second kappa shape index (κ2) is 6.49. The van der Waals surface area contributed by atoms with Gasteiger partial charge in [-0.2, -0.15) is 0 Å². The molecule has 1 N–H and O–H groups in total. The summed E-state index contributed by atoms with van der Waals surface area (Å²) in [6, 6.07) is 3.76. The molecule has 0 aliphatic rings. The van der Waals surface area contributed by atoms with Crippen molar-refractivity contribution in [2.45, 2.75) is 13.3 Å². The van der Waals surface area contributed by atoms with E-state index in [0.717, 1.165) is 24.5 Å². The Balaban J connectivity index is 2.55. The van der Waals surface area contributed by atoms with Gasteiger partial charge in [0.2, 0.25) is 0 Å². The Morgan fingerprint density at radius 1 is 1.57 bits per heavy atom. The van der Waals surface area contributed by atoms with Crippen LogP contribution in [-0.2, 0) is 0 Å². The summed E-state index contributed by atoms with van der Waals surface area (Å²) in [6.07, 6.45) is 2.66. The van der Waals surface area contributed by atoms with E-state index in [2.05, 4.69) is 10.3 Å². The Labute approximate surface area is 89.4 Å². The number of pyridine rings is 1. The summed E-state index contributed by atoms with van der Waals surface area (Å²) in [6.45, 7) is 3.42. The fourth-order valence-corrected chi connectivity index (χ4v) is 1.20. The van der Waals surface area contributed by atoms with Crippen LogP contribution in [0.4, 0.5) is 5.82 Å². The molecule has 0 amide bonds. The number of nitrogens with zero attached hydrogens (tertiary/aromatic N) is 1. The maximum absolute atomic E-state index is 5.58. The second-order valence-corrected chi connectivity index (χ2v) is 3.13. The quantitative estimate of drug-likeness (QED) is 0.584. The number of rotatable bonds is 6. The Bertz CT molecular complexity index is 268. The Morgan fingerprint density at radius 3 is 3.14 bits per heavy atom. The first-order valence-corrected chi connectivity index (χ1v) is 5.29. The van der Waals surface area contributed by atoms with Crippen molar-refractivity contribution in [3.63, 3.8) is 0 Å². The molecule has 0 atom stereocenters. The van der Waals surface area contributed by atoms with Gasteiger partial charge in [-0.1, -0.05) is 0 Å². The van der Waals surface area contributed by atoms with Crippen LogP contribution in [0.2, 0.25) is 0 Å². The minimum Gasteiger partial charge on any atom is -0.490 e. The van der Waals surface area contributed by atoms with E-state index in [1.54, 1.807) is 6.20 Å². The van der Waals surface area contributed by atoms with Gasteiger partial charge < -0.3 is 10.1 Å². The number of halogens is 1. The average Bonchev–Trinajstić information content (AvgIpc) is 2.21. The lowest BCUT2D eigenvalue weighted by Gasteiger charge is -2.09. The van der Waals surface area contributed by atoms with Crippen LogP contribution in [0.25, 0.3) is 0 Å². The standard InChI is InChI=1S/C10H15ClN2O/c1-2-14-9-5-3-7-12-10(9)13-8-4-6-11/h3,5,7H,2,4,6,8H2,1H3,(H,12,13). The maximum Gasteiger partial charge on any atom is 0.168 e. The zero-order valence-electron chi connectivity index (χ0n) is 8.29. The van der Waals surface area contributed by atoms with E-state index >= 15 is 0 Å². The van der Waals surface area contributed by atoms with Crippen molar-refractivity contribution in [1.82, 2.24) is 4.98 Å². The smallest absolute Gasteiger partial charge is 0.168 e. The van der Waals surface area contributed by atoms with E-state index in [0.29, 0.717) is 12.5 Å². The molecule has 0 aliphatic heterocycles. The number of hydrogen-bond acceptors (Lipinski definition) is 3. The minimum absolute atomic E-state index is 0.649. The third-order valence-corrected chi connectivity index (χ3v) is 1.94. The summed E-state index contributed by atoms with van der Waals surface area (Å²) < 4.78 is 5.41. The molecule has 0 saturated carbocycles. The largest absolute Gasteiger partial charge is 0.490 e. The molecule has 0 saturated heterocycles. The van der Waals surface area contributed by atoms with Crippen LogP contribution in [0.15, 0.2) is 18.3 Å². The van der Waals surface area contributed by atoms with Crippen molar-refractivity contribution in [2.75, 3.05) is 24.3 Å².